The predicted octanol–water partition coefficient (Wildman–Crippen LogP) is 0.888. The fourth-order valence-corrected chi connectivity index (χ4v) is 1.37. The fourth-order valence-electron chi connectivity index (χ4n) is 1.37. The number of carbonyl (C=O) groups is 1. The Hall–Kier alpha value is -1.09. The lowest BCUT2D eigenvalue weighted by Crippen LogP contribution is -2.34. The third-order valence-corrected chi connectivity index (χ3v) is 1.98. The summed E-state index contributed by atoms with van der Waals surface area (Å²) in [5.74, 6) is -0.786. The fraction of sp³-hybridized carbons (Fsp3) is 0.444. The molecule has 12 heavy (non-hydrogen) atoms. The van der Waals surface area contributed by atoms with Crippen molar-refractivity contribution in [3.63, 3.8) is 0 Å². The largest absolute Gasteiger partial charge is 0.480 e. The first-order valence-corrected chi connectivity index (χ1v) is 3.88. The summed E-state index contributed by atoms with van der Waals surface area (Å²) in [6.45, 7) is 2.09. The number of hydrogen-bond donors (Lipinski definition) is 1. The monoisotopic (exact) mass is 167 g/mol. The zero-order chi connectivity index (χ0) is 9.14. The van der Waals surface area contributed by atoms with E-state index >= 15 is 0 Å². The Morgan fingerprint density at radius 3 is 2.83 bits per heavy atom. The van der Waals surface area contributed by atoms with Crippen molar-refractivity contribution in [2.45, 2.75) is 13.0 Å². The molecule has 3 nitrogen and oxygen atoms in total. The van der Waals surface area contributed by atoms with Crippen LogP contribution in [-0.4, -0.2) is 35.6 Å². The van der Waals surface area contributed by atoms with E-state index in [1.807, 2.05) is 32.2 Å². The van der Waals surface area contributed by atoms with Crippen LogP contribution in [0.4, 0.5) is 0 Å². The van der Waals surface area contributed by atoms with Gasteiger partial charge in [-0.05, 0) is 14.0 Å². The number of aliphatic carboxylic acids is 1. The SMILES string of the molecule is CC1=CC=CC1N(C)CC(=O)O. The average molecular weight is 167 g/mol. The molecule has 1 aliphatic rings. The molecule has 0 saturated carbocycles. The summed E-state index contributed by atoms with van der Waals surface area (Å²) in [4.78, 5) is 12.2. The van der Waals surface area contributed by atoms with Gasteiger partial charge in [0.05, 0.1) is 6.54 Å². The molecule has 0 aromatic heterocycles. The van der Waals surface area contributed by atoms with E-state index in [1.54, 1.807) is 4.90 Å². The molecule has 0 aromatic carbocycles. The van der Waals surface area contributed by atoms with Crippen LogP contribution in [0.25, 0.3) is 0 Å². The van der Waals surface area contributed by atoms with E-state index in [0.717, 1.165) is 0 Å². The lowest BCUT2D eigenvalue weighted by atomic mass is 10.1. The van der Waals surface area contributed by atoms with Gasteiger partial charge in [0.15, 0.2) is 0 Å². The highest BCUT2D eigenvalue weighted by molar-refractivity contribution is 5.69. The molecule has 0 saturated heterocycles. The topological polar surface area (TPSA) is 40.5 Å². The molecule has 0 amide bonds. The molecule has 0 bridgehead atoms. The predicted molar refractivity (Wildman–Crippen MR) is 47.0 cm³/mol. The van der Waals surface area contributed by atoms with Crippen LogP contribution in [-0.2, 0) is 4.79 Å². The van der Waals surface area contributed by atoms with Crippen LogP contribution in [0.1, 0.15) is 6.92 Å². The minimum Gasteiger partial charge on any atom is -0.480 e. The van der Waals surface area contributed by atoms with Gasteiger partial charge in [0.1, 0.15) is 0 Å². The minimum absolute atomic E-state index is 0.0835. The highest BCUT2D eigenvalue weighted by atomic mass is 16.4. The van der Waals surface area contributed by atoms with Gasteiger partial charge in [-0.1, -0.05) is 23.8 Å². The Bertz CT molecular complexity index is 243. The van der Waals surface area contributed by atoms with Gasteiger partial charge >= 0.3 is 5.97 Å². The van der Waals surface area contributed by atoms with Gasteiger partial charge in [-0.25, -0.2) is 0 Å². The zero-order valence-electron chi connectivity index (χ0n) is 7.32. The first-order chi connectivity index (χ1) is 5.61. The van der Waals surface area contributed by atoms with E-state index in [9.17, 15) is 4.79 Å². The standard InChI is InChI=1S/C9H13NO2/c1-7-4-3-5-8(7)10(2)6-9(11)12/h3-5,8H,6H2,1-2H3,(H,11,12). The molecule has 3 heteroatoms. The maximum absolute atomic E-state index is 10.4. The molecule has 0 aromatic rings. The second kappa shape index (κ2) is 3.54. The van der Waals surface area contributed by atoms with Crippen LogP contribution < -0.4 is 0 Å². The first kappa shape index (κ1) is 9.00. The van der Waals surface area contributed by atoms with Crippen molar-refractivity contribution in [3.8, 4) is 0 Å². The highest BCUT2D eigenvalue weighted by Crippen LogP contribution is 2.15. The van der Waals surface area contributed by atoms with Crippen molar-refractivity contribution in [2.24, 2.45) is 0 Å². The van der Waals surface area contributed by atoms with E-state index in [2.05, 4.69) is 0 Å². The number of rotatable bonds is 3. The van der Waals surface area contributed by atoms with E-state index in [-0.39, 0.29) is 12.6 Å². The van der Waals surface area contributed by atoms with Crippen LogP contribution >= 0.6 is 0 Å². The summed E-state index contributed by atoms with van der Waals surface area (Å²) < 4.78 is 0. The second-order valence-electron chi connectivity index (χ2n) is 3.05. The van der Waals surface area contributed by atoms with Gasteiger partial charge in [-0.3, -0.25) is 9.69 Å². The van der Waals surface area contributed by atoms with Gasteiger partial charge in [-0.15, -0.1) is 0 Å². The van der Waals surface area contributed by atoms with Crippen molar-refractivity contribution in [1.29, 1.82) is 0 Å². The van der Waals surface area contributed by atoms with Crippen molar-refractivity contribution in [3.05, 3.63) is 23.8 Å². The van der Waals surface area contributed by atoms with Crippen molar-refractivity contribution >= 4 is 5.97 Å². The molecular formula is C9H13NO2. The van der Waals surface area contributed by atoms with Gasteiger partial charge < -0.3 is 5.11 Å². The highest BCUT2D eigenvalue weighted by Gasteiger charge is 2.17. The normalized spacial score (nSPS) is 21.6. The van der Waals surface area contributed by atoms with Gasteiger partial charge in [0, 0.05) is 6.04 Å². The van der Waals surface area contributed by atoms with Crippen LogP contribution in [0, 0.1) is 0 Å². The summed E-state index contributed by atoms with van der Waals surface area (Å²) >= 11 is 0. The van der Waals surface area contributed by atoms with E-state index in [1.165, 1.54) is 5.57 Å². The number of hydrogen-bond acceptors (Lipinski definition) is 2. The number of nitrogens with zero attached hydrogens (tertiary/aromatic N) is 1. The molecule has 0 radical (unpaired) electrons. The maximum atomic E-state index is 10.4. The third-order valence-electron chi connectivity index (χ3n) is 1.98. The number of allylic oxidation sites excluding steroid dienone is 2. The quantitative estimate of drug-likeness (QED) is 0.678. The van der Waals surface area contributed by atoms with Gasteiger partial charge in [0.25, 0.3) is 0 Å². The smallest absolute Gasteiger partial charge is 0.317 e. The van der Waals surface area contributed by atoms with Crippen LogP contribution in [0.5, 0.6) is 0 Å². The Morgan fingerprint density at radius 1 is 1.75 bits per heavy atom. The molecule has 0 spiro atoms. The second-order valence-corrected chi connectivity index (χ2v) is 3.05. The minimum atomic E-state index is -0.786. The summed E-state index contributed by atoms with van der Waals surface area (Å²) in [7, 11) is 1.81. The summed E-state index contributed by atoms with van der Waals surface area (Å²) in [5.41, 5.74) is 1.19. The van der Waals surface area contributed by atoms with Gasteiger partial charge in [-0.2, -0.15) is 0 Å². The van der Waals surface area contributed by atoms with Crippen LogP contribution in [0.3, 0.4) is 0 Å². The van der Waals surface area contributed by atoms with Crippen molar-refractivity contribution in [2.75, 3.05) is 13.6 Å². The van der Waals surface area contributed by atoms with E-state index in [4.69, 9.17) is 5.11 Å². The van der Waals surface area contributed by atoms with E-state index < -0.39 is 5.97 Å². The number of carboxylic acid groups (broad SMARTS) is 1. The lowest BCUT2D eigenvalue weighted by Gasteiger charge is -2.22. The number of carboxylic acids is 1. The maximum Gasteiger partial charge on any atom is 0.317 e. The van der Waals surface area contributed by atoms with Crippen LogP contribution in [0.15, 0.2) is 23.8 Å². The molecule has 1 aliphatic carbocycles. The number of likely N-dealkylation sites (N-methyl/N-ethyl adjacent to an activating group) is 1. The Labute approximate surface area is 72.0 Å². The molecule has 1 N–H and O–H groups in total. The molecule has 0 aliphatic heterocycles. The Balaban J connectivity index is 2.53. The molecule has 66 valence electrons. The Kier molecular flexibility index (Phi) is 2.65. The summed E-state index contributed by atoms with van der Waals surface area (Å²) in [6, 6.07) is 0.168. The summed E-state index contributed by atoms with van der Waals surface area (Å²) in [5, 5.41) is 8.55. The molecule has 1 atom stereocenters. The molecule has 1 rings (SSSR count). The Morgan fingerprint density at radius 2 is 2.42 bits per heavy atom. The molecule has 1 unspecified atom stereocenters. The van der Waals surface area contributed by atoms with Crippen LogP contribution in [0.2, 0.25) is 0 Å². The van der Waals surface area contributed by atoms with Crippen molar-refractivity contribution in [1.82, 2.24) is 4.90 Å². The summed E-state index contributed by atoms with van der Waals surface area (Å²) in [6.07, 6.45) is 5.96. The molecule has 0 heterocycles. The average Bonchev–Trinajstić information content (AvgIpc) is 2.33. The lowest BCUT2D eigenvalue weighted by molar-refractivity contribution is -0.138. The molecule has 0 fully saturated rings. The van der Waals surface area contributed by atoms with E-state index in [0.29, 0.717) is 0 Å². The molecular weight excluding hydrogens is 154 g/mol. The van der Waals surface area contributed by atoms with Gasteiger partial charge in [0.2, 0.25) is 0 Å². The van der Waals surface area contributed by atoms with Crippen molar-refractivity contribution < 1.29 is 9.90 Å². The zero-order valence-corrected chi connectivity index (χ0v) is 7.32. The third kappa shape index (κ3) is 1.95. The first-order valence-electron chi connectivity index (χ1n) is 3.88.